The number of pyridine rings is 2. The quantitative estimate of drug-likeness (QED) is 0.782. The highest BCUT2D eigenvalue weighted by atomic mass is 16.5. The summed E-state index contributed by atoms with van der Waals surface area (Å²) in [7, 11) is 1.66. The topological polar surface area (TPSA) is 44.2 Å². The third-order valence-corrected chi connectivity index (χ3v) is 2.44. The second-order valence-electron chi connectivity index (χ2n) is 3.94. The smallest absolute Gasteiger partial charge is 0.0884 e. The van der Waals surface area contributed by atoms with E-state index in [1.807, 2.05) is 30.5 Å². The minimum atomic E-state index is 0.539. The Labute approximate surface area is 107 Å². The van der Waals surface area contributed by atoms with Crippen LogP contribution < -0.4 is 0 Å². The molecule has 0 atom stereocenters. The lowest BCUT2D eigenvalue weighted by molar-refractivity contribution is 0.106. The van der Waals surface area contributed by atoms with Gasteiger partial charge in [-0.3, -0.25) is 9.97 Å². The number of aromatic nitrogens is 2. The van der Waals surface area contributed by atoms with Crippen LogP contribution in [0.15, 0.2) is 42.9 Å². The van der Waals surface area contributed by atoms with Crippen molar-refractivity contribution in [3.63, 3.8) is 0 Å². The fraction of sp³-hybridized carbons (Fsp3) is 0.286. The van der Waals surface area contributed by atoms with Gasteiger partial charge in [0.2, 0.25) is 0 Å². The Morgan fingerprint density at radius 3 is 2.44 bits per heavy atom. The molecule has 0 aliphatic rings. The van der Waals surface area contributed by atoms with Gasteiger partial charge in [0, 0.05) is 25.7 Å². The Kier molecular flexibility index (Phi) is 4.81. The molecule has 2 aromatic heterocycles. The van der Waals surface area contributed by atoms with Crippen LogP contribution in [0.3, 0.4) is 0 Å². The van der Waals surface area contributed by atoms with Gasteiger partial charge in [-0.1, -0.05) is 12.1 Å². The molecule has 0 spiro atoms. The van der Waals surface area contributed by atoms with Gasteiger partial charge in [0.05, 0.1) is 25.5 Å². The lowest BCUT2D eigenvalue weighted by Crippen LogP contribution is -1.97. The van der Waals surface area contributed by atoms with Gasteiger partial charge in [-0.2, -0.15) is 0 Å². The monoisotopic (exact) mass is 244 g/mol. The van der Waals surface area contributed by atoms with Crippen molar-refractivity contribution in [2.75, 3.05) is 7.11 Å². The van der Waals surface area contributed by atoms with Gasteiger partial charge in [-0.05, 0) is 23.3 Å². The van der Waals surface area contributed by atoms with Crippen LogP contribution in [0, 0.1) is 0 Å². The first-order valence-corrected chi connectivity index (χ1v) is 5.78. The van der Waals surface area contributed by atoms with E-state index < -0.39 is 0 Å². The molecule has 0 unspecified atom stereocenters. The Bertz CT molecular complexity index is 457. The van der Waals surface area contributed by atoms with E-state index in [9.17, 15) is 0 Å². The van der Waals surface area contributed by atoms with Gasteiger partial charge in [0.1, 0.15) is 0 Å². The summed E-state index contributed by atoms with van der Waals surface area (Å²) in [6.07, 6.45) is 5.37. The standard InChI is InChI=1S/C14H16N2O2/c1-17-11-14-5-4-13(8-16-14)10-18-9-12-3-2-6-15-7-12/h2-8H,9-11H2,1H3. The molecule has 0 aliphatic heterocycles. The summed E-state index contributed by atoms with van der Waals surface area (Å²) in [6, 6.07) is 7.85. The highest BCUT2D eigenvalue weighted by Crippen LogP contribution is 2.05. The van der Waals surface area contributed by atoms with Crippen molar-refractivity contribution in [1.82, 2.24) is 9.97 Å². The molecule has 94 valence electrons. The van der Waals surface area contributed by atoms with Crippen LogP contribution in [-0.2, 0) is 29.3 Å². The first kappa shape index (κ1) is 12.7. The van der Waals surface area contributed by atoms with Gasteiger partial charge >= 0.3 is 0 Å². The molecule has 4 heteroatoms. The number of ether oxygens (including phenoxy) is 2. The highest BCUT2D eigenvalue weighted by molar-refractivity contribution is 5.13. The van der Waals surface area contributed by atoms with E-state index in [2.05, 4.69) is 9.97 Å². The summed E-state index contributed by atoms with van der Waals surface area (Å²) in [6.45, 7) is 1.65. The second kappa shape index (κ2) is 6.83. The number of rotatable bonds is 6. The van der Waals surface area contributed by atoms with Gasteiger partial charge in [0.25, 0.3) is 0 Å². The molecule has 18 heavy (non-hydrogen) atoms. The SMILES string of the molecule is COCc1ccc(COCc2cccnc2)cn1. The van der Waals surface area contributed by atoms with E-state index in [0.717, 1.165) is 16.8 Å². The predicted octanol–water partition coefficient (Wildman–Crippen LogP) is 2.34. The normalized spacial score (nSPS) is 10.5. The van der Waals surface area contributed by atoms with Crippen LogP contribution in [0.4, 0.5) is 0 Å². The highest BCUT2D eigenvalue weighted by Gasteiger charge is 1.97. The van der Waals surface area contributed by atoms with Crippen molar-refractivity contribution < 1.29 is 9.47 Å². The zero-order chi connectivity index (χ0) is 12.6. The number of methoxy groups -OCH3 is 1. The summed E-state index contributed by atoms with van der Waals surface area (Å²) in [5.74, 6) is 0. The molecular formula is C14H16N2O2. The molecule has 0 fully saturated rings. The molecule has 0 N–H and O–H groups in total. The van der Waals surface area contributed by atoms with Crippen molar-refractivity contribution in [3.05, 3.63) is 59.7 Å². The van der Waals surface area contributed by atoms with Crippen LogP contribution in [0.25, 0.3) is 0 Å². The molecule has 0 radical (unpaired) electrons. The van der Waals surface area contributed by atoms with Gasteiger partial charge in [0.15, 0.2) is 0 Å². The summed E-state index contributed by atoms with van der Waals surface area (Å²) in [5, 5.41) is 0. The van der Waals surface area contributed by atoms with Crippen LogP contribution in [-0.4, -0.2) is 17.1 Å². The maximum Gasteiger partial charge on any atom is 0.0884 e. The Morgan fingerprint density at radius 2 is 1.83 bits per heavy atom. The van der Waals surface area contributed by atoms with Crippen LogP contribution in [0.2, 0.25) is 0 Å². The van der Waals surface area contributed by atoms with Crippen molar-refractivity contribution in [1.29, 1.82) is 0 Å². The number of hydrogen-bond acceptors (Lipinski definition) is 4. The van der Waals surface area contributed by atoms with E-state index in [1.165, 1.54) is 0 Å². The lowest BCUT2D eigenvalue weighted by Gasteiger charge is -2.05. The third-order valence-electron chi connectivity index (χ3n) is 2.44. The molecule has 0 amide bonds. The summed E-state index contributed by atoms with van der Waals surface area (Å²) < 4.78 is 10.6. The zero-order valence-electron chi connectivity index (χ0n) is 10.4. The maximum atomic E-state index is 5.59. The van der Waals surface area contributed by atoms with Gasteiger partial charge < -0.3 is 9.47 Å². The molecular weight excluding hydrogens is 228 g/mol. The van der Waals surface area contributed by atoms with Crippen LogP contribution in [0.1, 0.15) is 16.8 Å². The molecule has 0 bridgehead atoms. The van der Waals surface area contributed by atoms with E-state index >= 15 is 0 Å². The maximum absolute atomic E-state index is 5.59. The summed E-state index contributed by atoms with van der Waals surface area (Å²) >= 11 is 0. The van der Waals surface area contributed by atoms with Crippen molar-refractivity contribution in [3.8, 4) is 0 Å². The summed E-state index contributed by atoms with van der Waals surface area (Å²) in [4.78, 5) is 8.31. The molecule has 0 aliphatic carbocycles. The number of nitrogens with zero attached hydrogens (tertiary/aromatic N) is 2. The molecule has 0 saturated heterocycles. The lowest BCUT2D eigenvalue weighted by atomic mass is 10.2. The van der Waals surface area contributed by atoms with Crippen LogP contribution >= 0.6 is 0 Å². The first-order chi connectivity index (χ1) is 8.88. The second-order valence-corrected chi connectivity index (χ2v) is 3.94. The Morgan fingerprint density at radius 1 is 1.00 bits per heavy atom. The van der Waals surface area contributed by atoms with Gasteiger partial charge in [-0.15, -0.1) is 0 Å². The Balaban J connectivity index is 1.80. The minimum absolute atomic E-state index is 0.539. The zero-order valence-corrected chi connectivity index (χ0v) is 10.4. The van der Waals surface area contributed by atoms with E-state index in [4.69, 9.17) is 9.47 Å². The molecule has 0 aromatic carbocycles. The first-order valence-electron chi connectivity index (χ1n) is 5.78. The molecule has 4 nitrogen and oxygen atoms in total. The fourth-order valence-electron chi connectivity index (χ4n) is 1.54. The molecule has 2 rings (SSSR count). The molecule has 0 saturated carbocycles. The largest absolute Gasteiger partial charge is 0.378 e. The summed E-state index contributed by atoms with van der Waals surface area (Å²) in [5.41, 5.74) is 3.05. The third kappa shape index (κ3) is 3.91. The van der Waals surface area contributed by atoms with Crippen molar-refractivity contribution >= 4 is 0 Å². The molecule has 2 aromatic rings. The average Bonchev–Trinajstić information content (AvgIpc) is 2.42. The van der Waals surface area contributed by atoms with E-state index in [0.29, 0.717) is 19.8 Å². The van der Waals surface area contributed by atoms with Crippen LogP contribution in [0.5, 0.6) is 0 Å². The fourth-order valence-corrected chi connectivity index (χ4v) is 1.54. The Hall–Kier alpha value is -1.78. The van der Waals surface area contributed by atoms with Crippen molar-refractivity contribution in [2.24, 2.45) is 0 Å². The van der Waals surface area contributed by atoms with E-state index in [1.54, 1.807) is 19.5 Å². The van der Waals surface area contributed by atoms with Gasteiger partial charge in [-0.25, -0.2) is 0 Å². The van der Waals surface area contributed by atoms with E-state index in [-0.39, 0.29) is 0 Å². The van der Waals surface area contributed by atoms with Crippen molar-refractivity contribution in [2.45, 2.75) is 19.8 Å². The minimum Gasteiger partial charge on any atom is -0.378 e. The number of hydrogen-bond donors (Lipinski definition) is 0. The molecule has 2 heterocycles. The predicted molar refractivity (Wildman–Crippen MR) is 67.7 cm³/mol. The average molecular weight is 244 g/mol.